The van der Waals surface area contributed by atoms with Crippen LogP contribution in [-0.4, -0.2) is 27.7 Å². The molecule has 0 aliphatic carbocycles. The molecule has 6 heteroatoms. The lowest BCUT2D eigenvalue weighted by Gasteiger charge is -2.09. The van der Waals surface area contributed by atoms with Gasteiger partial charge < -0.3 is 15.2 Å². The fraction of sp³-hybridized carbons (Fsp3) is 0.333. The van der Waals surface area contributed by atoms with Gasteiger partial charge in [-0.3, -0.25) is 0 Å². The van der Waals surface area contributed by atoms with Crippen LogP contribution >= 0.6 is 11.5 Å². The van der Waals surface area contributed by atoms with Crippen molar-refractivity contribution in [3.8, 4) is 5.75 Å². The van der Waals surface area contributed by atoms with Gasteiger partial charge in [-0.05, 0) is 37.6 Å². The number of aliphatic hydroxyl groups excluding tert-OH is 1. The normalized spacial score (nSPS) is 10.4. The molecular weight excluding hydrogens is 250 g/mol. The van der Waals surface area contributed by atoms with Crippen molar-refractivity contribution in [1.29, 1.82) is 0 Å². The predicted octanol–water partition coefficient (Wildman–Crippen LogP) is 2.27. The maximum atomic E-state index is 8.72. The van der Waals surface area contributed by atoms with Gasteiger partial charge in [-0.1, -0.05) is 0 Å². The SMILES string of the molecule is Cc1nsc(Nc2ccc(OCCO)c(C)c2)n1. The number of aryl methyl sites for hydroxylation is 2. The minimum absolute atomic E-state index is 0.0174. The number of anilines is 2. The molecule has 5 nitrogen and oxygen atoms in total. The molecule has 0 fully saturated rings. The van der Waals surface area contributed by atoms with Crippen molar-refractivity contribution in [3.63, 3.8) is 0 Å². The van der Waals surface area contributed by atoms with Gasteiger partial charge in [0.15, 0.2) is 0 Å². The number of aromatic nitrogens is 2. The van der Waals surface area contributed by atoms with Gasteiger partial charge in [-0.2, -0.15) is 4.37 Å². The molecule has 0 atom stereocenters. The van der Waals surface area contributed by atoms with E-state index in [0.29, 0.717) is 6.61 Å². The summed E-state index contributed by atoms with van der Waals surface area (Å²) in [7, 11) is 0. The second-order valence-electron chi connectivity index (χ2n) is 3.82. The van der Waals surface area contributed by atoms with E-state index in [0.717, 1.165) is 28.0 Å². The van der Waals surface area contributed by atoms with Crippen molar-refractivity contribution in [3.05, 3.63) is 29.6 Å². The number of nitrogens with zero attached hydrogens (tertiary/aromatic N) is 2. The summed E-state index contributed by atoms with van der Waals surface area (Å²) in [5.41, 5.74) is 1.95. The average molecular weight is 265 g/mol. The summed E-state index contributed by atoms with van der Waals surface area (Å²) in [4.78, 5) is 4.24. The summed E-state index contributed by atoms with van der Waals surface area (Å²) in [6.45, 7) is 4.15. The Bertz CT molecular complexity index is 528. The molecule has 0 saturated carbocycles. The third-order valence-corrected chi connectivity index (χ3v) is 3.02. The Balaban J connectivity index is 2.08. The van der Waals surface area contributed by atoms with E-state index in [4.69, 9.17) is 9.84 Å². The van der Waals surface area contributed by atoms with Gasteiger partial charge in [0, 0.05) is 17.2 Å². The number of hydrogen-bond donors (Lipinski definition) is 2. The van der Waals surface area contributed by atoms with Gasteiger partial charge in [-0.15, -0.1) is 0 Å². The van der Waals surface area contributed by atoms with Crippen molar-refractivity contribution in [2.24, 2.45) is 0 Å². The molecule has 0 unspecified atom stereocenters. The first-order chi connectivity index (χ1) is 8.69. The summed E-state index contributed by atoms with van der Waals surface area (Å²) in [6, 6.07) is 5.76. The Kier molecular flexibility index (Phi) is 4.11. The van der Waals surface area contributed by atoms with Crippen molar-refractivity contribution < 1.29 is 9.84 Å². The predicted molar refractivity (Wildman–Crippen MR) is 71.7 cm³/mol. The van der Waals surface area contributed by atoms with E-state index in [1.54, 1.807) is 0 Å². The molecule has 0 amide bonds. The smallest absolute Gasteiger partial charge is 0.207 e. The summed E-state index contributed by atoms with van der Waals surface area (Å²) in [5.74, 6) is 1.55. The van der Waals surface area contributed by atoms with Crippen molar-refractivity contribution in [2.45, 2.75) is 13.8 Å². The molecule has 0 bridgehead atoms. The summed E-state index contributed by atoms with van der Waals surface area (Å²) in [6.07, 6.45) is 0. The van der Waals surface area contributed by atoms with Crippen molar-refractivity contribution in [2.75, 3.05) is 18.5 Å². The fourth-order valence-electron chi connectivity index (χ4n) is 1.52. The third kappa shape index (κ3) is 3.18. The fourth-order valence-corrected chi connectivity index (χ4v) is 2.11. The summed E-state index contributed by atoms with van der Waals surface area (Å²) >= 11 is 1.33. The lowest BCUT2D eigenvalue weighted by molar-refractivity contribution is 0.200. The number of benzene rings is 1. The molecule has 0 aliphatic heterocycles. The van der Waals surface area contributed by atoms with Gasteiger partial charge in [0.05, 0.1) is 6.61 Å². The van der Waals surface area contributed by atoms with E-state index >= 15 is 0 Å². The minimum Gasteiger partial charge on any atom is -0.491 e. The molecule has 0 saturated heterocycles. The first kappa shape index (κ1) is 12.8. The molecule has 18 heavy (non-hydrogen) atoms. The van der Waals surface area contributed by atoms with Crippen LogP contribution < -0.4 is 10.1 Å². The molecule has 0 radical (unpaired) electrons. The maximum Gasteiger partial charge on any atom is 0.207 e. The molecule has 96 valence electrons. The largest absolute Gasteiger partial charge is 0.491 e. The maximum absolute atomic E-state index is 8.72. The van der Waals surface area contributed by atoms with E-state index in [1.807, 2.05) is 32.0 Å². The molecule has 0 aliphatic rings. The Morgan fingerprint density at radius 3 is 2.83 bits per heavy atom. The van der Waals surface area contributed by atoms with Crippen molar-refractivity contribution >= 4 is 22.4 Å². The monoisotopic (exact) mass is 265 g/mol. The average Bonchev–Trinajstić information content (AvgIpc) is 2.74. The van der Waals surface area contributed by atoms with E-state index < -0.39 is 0 Å². The number of ether oxygens (including phenoxy) is 1. The van der Waals surface area contributed by atoms with E-state index in [-0.39, 0.29) is 6.61 Å². The highest BCUT2D eigenvalue weighted by Crippen LogP contribution is 2.25. The van der Waals surface area contributed by atoms with E-state index in [1.165, 1.54) is 11.5 Å². The number of rotatable bonds is 5. The van der Waals surface area contributed by atoms with Gasteiger partial charge in [-0.25, -0.2) is 4.98 Å². The molecular formula is C12H15N3O2S. The highest BCUT2D eigenvalue weighted by Gasteiger charge is 2.04. The van der Waals surface area contributed by atoms with Gasteiger partial charge in [0.2, 0.25) is 5.13 Å². The van der Waals surface area contributed by atoms with Crippen LogP contribution in [0.5, 0.6) is 5.75 Å². The Morgan fingerprint density at radius 1 is 1.39 bits per heavy atom. The van der Waals surface area contributed by atoms with Crippen LogP contribution in [0.3, 0.4) is 0 Å². The Labute approximate surface area is 110 Å². The zero-order chi connectivity index (χ0) is 13.0. The molecule has 2 rings (SSSR count). The first-order valence-corrected chi connectivity index (χ1v) is 6.38. The topological polar surface area (TPSA) is 67.3 Å². The first-order valence-electron chi connectivity index (χ1n) is 5.60. The van der Waals surface area contributed by atoms with Crippen LogP contribution in [0.2, 0.25) is 0 Å². The molecule has 2 aromatic rings. The lowest BCUT2D eigenvalue weighted by Crippen LogP contribution is -2.03. The van der Waals surface area contributed by atoms with Gasteiger partial charge in [0.25, 0.3) is 0 Å². The Morgan fingerprint density at radius 2 is 2.22 bits per heavy atom. The van der Waals surface area contributed by atoms with Gasteiger partial charge >= 0.3 is 0 Å². The number of nitrogens with one attached hydrogen (secondary N) is 1. The molecule has 1 heterocycles. The second-order valence-corrected chi connectivity index (χ2v) is 4.58. The standard InChI is InChI=1S/C12H15N3O2S/c1-8-7-10(3-4-11(8)17-6-5-16)14-12-13-9(2)15-18-12/h3-4,7,16H,5-6H2,1-2H3,(H,13,14,15). The summed E-state index contributed by atoms with van der Waals surface area (Å²) in [5, 5.41) is 12.7. The molecule has 2 N–H and O–H groups in total. The second kappa shape index (κ2) is 5.79. The molecule has 1 aromatic carbocycles. The zero-order valence-corrected chi connectivity index (χ0v) is 11.1. The number of aliphatic hydroxyl groups is 1. The molecule has 1 aromatic heterocycles. The van der Waals surface area contributed by atoms with Crippen LogP contribution in [-0.2, 0) is 0 Å². The van der Waals surface area contributed by atoms with Gasteiger partial charge in [0.1, 0.15) is 18.2 Å². The van der Waals surface area contributed by atoms with E-state index in [9.17, 15) is 0 Å². The van der Waals surface area contributed by atoms with E-state index in [2.05, 4.69) is 14.7 Å². The quantitative estimate of drug-likeness (QED) is 0.868. The number of hydrogen-bond acceptors (Lipinski definition) is 6. The summed E-state index contributed by atoms with van der Waals surface area (Å²) < 4.78 is 9.50. The zero-order valence-electron chi connectivity index (χ0n) is 10.3. The minimum atomic E-state index is 0.0174. The van der Waals surface area contributed by atoms with Crippen LogP contribution in [0.4, 0.5) is 10.8 Å². The third-order valence-electron chi connectivity index (χ3n) is 2.30. The van der Waals surface area contributed by atoms with Crippen LogP contribution in [0.25, 0.3) is 0 Å². The molecule has 0 spiro atoms. The highest BCUT2D eigenvalue weighted by atomic mass is 32.1. The van der Waals surface area contributed by atoms with Crippen LogP contribution in [0, 0.1) is 13.8 Å². The van der Waals surface area contributed by atoms with Crippen LogP contribution in [0.1, 0.15) is 11.4 Å². The van der Waals surface area contributed by atoms with Crippen LogP contribution in [0.15, 0.2) is 18.2 Å². The highest BCUT2D eigenvalue weighted by molar-refractivity contribution is 7.09. The lowest BCUT2D eigenvalue weighted by atomic mass is 10.2. The van der Waals surface area contributed by atoms with Crippen molar-refractivity contribution in [1.82, 2.24) is 9.36 Å². The Hall–Kier alpha value is -1.66.